The second-order valence-corrected chi connectivity index (χ2v) is 5.90. The highest BCUT2D eigenvalue weighted by Gasteiger charge is 2.18. The number of aryl methyl sites for hydroxylation is 1. The number of anilines is 1. The highest BCUT2D eigenvalue weighted by atomic mass is 16.6. The zero-order valence-electron chi connectivity index (χ0n) is 14.2. The smallest absolute Gasteiger partial charge is 0.322 e. The summed E-state index contributed by atoms with van der Waals surface area (Å²) in [7, 11) is 0. The number of nitro benzene ring substituents is 1. The standard InChI is InChI=1S/C18H21N3O4/c1-13-8-9-16(21(24)25)10-17(13)19-18(23)20(11-14(2)22)12-15-6-4-3-5-7-15/h3-10,14,22H,11-12H2,1-2H3,(H,19,23). The molecule has 132 valence electrons. The maximum atomic E-state index is 12.6. The van der Waals surface area contributed by atoms with Crippen LogP contribution < -0.4 is 5.32 Å². The lowest BCUT2D eigenvalue weighted by atomic mass is 10.2. The van der Waals surface area contributed by atoms with E-state index >= 15 is 0 Å². The Morgan fingerprint density at radius 2 is 1.96 bits per heavy atom. The molecule has 0 radical (unpaired) electrons. The molecule has 0 bridgehead atoms. The van der Waals surface area contributed by atoms with E-state index in [0.29, 0.717) is 12.2 Å². The number of nitrogens with zero attached hydrogens (tertiary/aromatic N) is 2. The number of benzene rings is 2. The Bertz CT molecular complexity index is 747. The van der Waals surface area contributed by atoms with Crippen molar-refractivity contribution in [2.45, 2.75) is 26.5 Å². The Labute approximate surface area is 146 Å². The zero-order valence-corrected chi connectivity index (χ0v) is 14.2. The Kier molecular flexibility index (Phi) is 6.08. The fourth-order valence-corrected chi connectivity index (χ4v) is 2.39. The minimum atomic E-state index is -0.694. The van der Waals surface area contributed by atoms with Crippen molar-refractivity contribution in [1.29, 1.82) is 0 Å². The molecule has 1 atom stereocenters. The normalized spacial score (nSPS) is 11.6. The minimum absolute atomic E-state index is 0.0916. The van der Waals surface area contributed by atoms with Gasteiger partial charge in [0.15, 0.2) is 0 Å². The van der Waals surface area contributed by atoms with Gasteiger partial charge < -0.3 is 15.3 Å². The summed E-state index contributed by atoms with van der Waals surface area (Å²) in [4.78, 5) is 24.5. The topological polar surface area (TPSA) is 95.7 Å². The molecule has 0 aliphatic rings. The van der Waals surface area contributed by atoms with E-state index < -0.39 is 17.1 Å². The number of hydrogen-bond acceptors (Lipinski definition) is 4. The first-order valence-corrected chi connectivity index (χ1v) is 7.90. The number of carbonyl (C=O) groups excluding carboxylic acids is 1. The monoisotopic (exact) mass is 343 g/mol. The predicted octanol–water partition coefficient (Wildman–Crippen LogP) is 3.32. The van der Waals surface area contributed by atoms with Crippen molar-refractivity contribution in [2.24, 2.45) is 0 Å². The first-order valence-electron chi connectivity index (χ1n) is 7.90. The largest absolute Gasteiger partial charge is 0.392 e. The Balaban J connectivity index is 2.19. The third kappa shape index (κ3) is 5.29. The average Bonchev–Trinajstić information content (AvgIpc) is 2.56. The number of aliphatic hydroxyl groups is 1. The van der Waals surface area contributed by atoms with Crippen LogP contribution >= 0.6 is 0 Å². The van der Waals surface area contributed by atoms with Gasteiger partial charge in [-0.2, -0.15) is 0 Å². The quantitative estimate of drug-likeness (QED) is 0.621. The molecular weight excluding hydrogens is 322 g/mol. The first-order chi connectivity index (χ1) is 11.9. The third-order valence-corrected chi connectivity index (χ3v) is 3.66. The van der Waals surface area contributed by atoms with Gasteiger partial charge in [0.05, 0.1) is 16.7 Å². The molecule has 0 fully saturated rings. The second kappa shape index (κ2) is 8.25. The molecule has 2 N–H and O–H groups in total. The third-order valence-electron chi connectivity index (χ3n) is 3.66. The molecule has 2 aromatic carbocycles. The summed E-state index contributed by atoms with van der Waals surface area (Å²) < 4.78 is 0. The van der Waals surface area contributed by atoms with E-state index in [1.165, 1.54) is 17.0 Å². The van der Waals surface area contributed by atoms with Crippen LogP contribution in [-0.2, 0) is 6.54 Å². The highest BCUT2D eigenvalue weighted by molar-refractivity contribution is 5.90. The van der Waals surface area contributed by atoms with Gasteiger partial charge >= 0.3 is 6.03 Å². The van der Waals surface area contributed by atoms with E-state index in [4.69, 9.17) is 0 Å². The van der Waals surface area contributed by atoms with Crippen LogP contribution in [0, 0.1) is 17.0 Å². The number of urea groups is 1. The van der Waals surface area contributed by atoms with Gasteiger partial charge in [-0.05, 0) is 25.0 Å². The molecule has 2 aromatic rings. The van der Waals surface area contributed by atoms with Gasteiger partial charge in [0, 0.05) is 25.2 Å². The number of nitrogens with one attached hydrogen (secondary N) is 1. The van der Waals surface area contributed by atoms with Crippen LogP contribution in [0.1, 0.15) is 18.1 Å². The summed E-state index contributed by atoms with van der Waals surface area (Å²) >= 11 is 0. The number of aliphatic hydroxyl groups excluding tert-OH is 1. The van der Waals surface area contributed by atoms with E-state index in [1.54, 1.807) is 19.9 Å². The van der Waals surface area contributed by atoms with Crippen molar-refractivity contribution < 1.29 is 14.8 Å². The van der Waals surface area contributed by atoms with E-state index in [-0.39, 0.29) is 12.2 Å². The van der Waals surface area contributed by atoms with Gasteiger partial charge in [-0.25, -0.2) is 4.79 Å². The lowest BCUT2D eigenvalue weighted by Gasteiger charge is -2.25. The van der Waals surface area contributed by atoms with E-state index in [1.807, 2.05) is 30.3 Å². The number of hydrogen-bond donors (Lipinski definition) is 2. The summed E-state index contributed by atoms with van der Waals surface area (Å²) in [6.45, 7) is 3.83. The molecule has 0 aliphatic carbocycles. The van der Waals surface area contributed by atoms with E-state index in [9.17, 15) is 20.0 Å². The summed E-state index contributed by atoms with van der Waals surface area (Å²) in [5.41, 5.74) is 1.93. The van der Waals surface area contributed by atoms with Crippen molar-refractivity contribution in [3.8, 4) is 0 Å². The van der Waals surface area contributed by atoms with Crippen LogP contribution in [0.4, 0.5) is 16.2 Å². The maximum Gasteiger partial charge on any atom is 0.322 e. The number of nitro groups is 1. The zero-order chi connectivity index (χ0) is 18.4. The van der Waals surface area contributed by atoms with Gasteiger partial charge in [0.2, 0.25) is 0 Å². The van der Waals surface area contributed by atoms with Crippen LogP contribution in [0.5, 0.6) is 0 Å². The molecule has 0 aromatic heterocycles. The molecular formula is C18H21N3O4. The second-order valence-electron chi connectivity index (χ2n) is 5.90. The minimum Gasteiger partial charge on any atom is -0.392 e. The summed E-state index contributed by atoms with van der Waals surface area (Å²) in [6.07, 6.45) is -0.694. The highest BCUT2D eigenvalue weighted by Crippen LogP contribution is 2.22. The number of carbonyl (C=O) groups is 1. The molecule has 25 heavy (non-hydrogen) atoms. The van der Waals surface area contributed by atoms with Crippen LogP contribution in [-0.4, -0.2) is 33.6 Å². The number of non-ortho nitro benzene ring substituents is 1. The van der Waals surface area contributed by atoms with Crippen LogP contribution in [0.15, 0.2) is 48.5 Å². The average molecular weight is 343 g/mol. The summed E-state index contributed by atoms with van der Waals surface area (Å²) in [5.74, 6) is 0. The molecule has 2 amide bonds. The molecule has 0 saturated carbocycles. The van der Waals surface area contributed by atoms with Crippen molar-refractivity contribution in [3.05, 3.63) is 69.8 Å². The number of rotatable bonds is 6. The van der Waals surface area contributed by atoms with Gasteiger partial charge in [-0.15, -0.1) is 0 Å². The van der Waals surface area contributed by atoms with Gasteiger partial charge in [0.1, 0.15) is 0 Å². The van der Waals surface area contributed by atoms with Crippen molar-refractivity contribution in [1.82, 2.24) is 4.90 Å². The van der Waals surface area contributed by atoms with Gasteiger partial charge in [-0.3, -0.25) is 10.1 Å². The lowest BCUT2D eigenvalue weighted by molar-refractivity contribution is -0.384. The van der Waals surface area contributed by atoms with Crippen LogP contribution in [0.25, 0.3) is 0 Å². The fourth-order valence-electron chi connectivity index (χ4n) is 2.39. The van der Waals surface area contributed by atoms with Crippen molar-refractivity contribution in [2.75, 3.05) is 11.9 Å². The molecule has 0 saturated heterocycles. The summed E-state index contributed by atoms with van der Waals surface area (Å²) in [6, 6.07) is 13.3. The molecule has 7 nitrogen and oxygen atoms in total. The number of amides is 2. The van der Waals surface area contributed by atoms with Crippen molar-refractivity contribution >= 4 is 17.4 Å². The van der Waals surface area contributed by atoms with Gasteiger partial charge in [-0.1, -0.05) is 36.4 Å². The Morgan fingerprint density at radius 1 is 1.28 bits per heavy atom. The molecule has 0 spiro atoms. The summed E-state index contributed by atoms with van der Waals surface area (Å²) in [5, 5.41) is 23.3. The van der Waals surface area contributed by atoms with E-state index in [2.05, 4.69) is 5.32 Å². The lowest BCUT2D eigenvalue weighted by Crippen LogP contribution is -2.39. The SMILES string of the molecule is Cc1ccc([N+](=O)[O-])cc1NC(=O)N(Cc1ccccc1)CC(C)O. The predicted molar refractivity (Wildman–Crippen MR) is 95.4 cm³/mol. The fraction of sp³-hybridized carbons (Fsp3) is 0.278. The van der Waals surface area contributed by atoms with Gasteiger partial charge in [0.25, 0.3) is 5.69 Å². The molecule has 0 heterocycles. The van der Waals surface area contributed by atoms with Crippen LogP contribution in [0.2, 0.25) is 0 Å². The molecule has 0 aliphatic heterocycles. The first kappa shape index (κ1) is 18.4. The van der Waals surface area contributed by atoms with Crippen LogP contribution in [0.3, 0.4) is 0 Å². The molecule has 2 rings (SSSR count). The molecule has 1 unspecified atom stereocenters. The Morgan fingerprint density at radius 3 is 2.56 bits per heavy atom. The Hall–Kier alpha value is -2.93. The van der Waals surface area contributed by atoms with E-state index in [0.717, 1.165) is 11.1 Å². The van der Waals surface area contributed by atoms with Crippen molar-refractivity contribution in [3.63, 3.8) is 0 Å². The maximum absolute atomic E-state index is 12.6. The molecule has 7 heteroatoms.